The number of primary amides is 1. The third-order valence-corrected chi connectivity index (χ3v) is 14.9. The Morgan fingerprint density at radius 1 is 0.877 bits per heavy atom. The highest BCUT2D eigenvalue weighted by molar-refractivity contribution is 7.90. The molecule has 350 valence electrons. The molecule has 5 N–H and O–H groups in total. The lowest BCUT2D eigenvalue weighted by Crippen LogP contribution is -2.57. The quantitative estimate of drug-likeness (QED) is 0.171. The van der Waals surface area contributed by atoms with Crippen molar-refractivity contribution >= 4 is 62.2 Å². The normalized spacial score (nSPS) is 24.4. The Labute approximate surface area is 377 Å². The van der Waals surface area contributed by atoms with Crippen molar-refractivity contribution in [2.45, 2.75) is 126 Å². The molecular formula is C46H60N8O10S. The minimum atomic E-state index is -3.39. The van der Waals surface area contributed by atoms with E-state index in [1.165, 1.54) is 16.7 Å². The summed E-state index contributed by atoms with van der Waals surface area (Å²) in [6, 6.07) is 9.00. The van der Waals surface area contributed by atoms with Gasteiger partial charge in [-0.2, -0.15) is 0 Å². The SMILES string of the molecule is C[C@H]1CN(C(=O)CC2CCC(Cc3ccc4c(c3)n(C)c(=O)n4C3CCC(=O)NC3=O)CC2)CC[C@H]2CC[C@@H](C(=O)N[C@@H](CCC(N)=O)C(=O)NCc3ccc(S(C)(=O)=O)cc3)N2C1=O. The average molecular weight is 917 g/mol. The standard InChI is InChI=1S/C46H60N8O10S/c1-27-26-52(41(57)24-29-6-4-28(5-7-29)22-31-10-15-35-38(23-31)51(2)46(62)54(35)37-17-19-40(56)50-44(37)60)21-20-32-11-16-36(53(32)45(27)61)43(59)49-34(14-18-39(47)55)42(58)48-25-30-8-12-33(13-9-30)65(3,63)64/h8-10,12-13,15,23,27-29,32,34,36-37H,4-7,11,14,16-22,24-26H2,1-3H3,(H2,47,55)(H,48,58)(H,49,59)(H,50,56,60)/t27-,28?,29?,32+,34-,36-,37?/m0/s1. The number of piperidine rings is 1. The van der Waals surface area contributed by atoms with Gasteiger partial charge in [0.2, 0.25) is 41.4 Å². The summed E-state index contributed by atoms with van der Waals surface area (Å²) in [5.41, 5.74) is 8.20. The first-order valence-corrected chi connectivity index (χ1v) is 24.6. The number of nitrogens with zero attached hydrogens (tertiary/aromatic N) is 4. The summed E-state index contributed by atoms with van der Waals surface area (Å²) in [7, 11) is -1.70. The van der Waals surface area contributed by atoms with Gasteiger partial charge < -0.3 is 26.2 Å². The number of rotatable bonds is 14. The number of hydrogen-bond donors (Lipinski definition) is 4. The first-order valence-electron chi connectivity index (χ1n) is 22.7. The molecule has 1 aliphatic carbocycles. The van der Waals surface area contributed by atoms with E-state index in [4.69, 9.17) is 5.73 Å². The Balaban J connectivity index is 0.901. The zero-order valence-corrected chi connectivity index (χ0v) is 38.1. The molecule has 3 saturated heterocycles. The van der Waals surface area contributed by atoms with Crippen LogP contribution in [0.2, 0.25) is 0 Å². The van der Waals surface area contributed by atoms with E-state index in [2.05, 4.69) is 16.0 Å². The van der Waals surface area contributed by atoms with Gasteiger partial charge in [-0.1, -0.05) is 25.1 Å². The number of benzene rings is 2. The molecule has 4 heterocycles. The highest BCUT2D eigenvalue weighted by Crippen LogP contribution is 2.35. The molecule has 1 aromatic heterocycles. The molecule has 19 heteroatoms. The Kier molecular flexibility index (Phi) is 14.3. The molecule has 0 spiro atoms. The van der Waals surface area contributed by atoms with Gasteiger partial charge in [0.05, 0.1) is 21.8 Å². The van der Waals surface area contributed by atoms with Crippen LogP contribution in [0.4, 0.5) is 0 Å². The first-order chi connectivity index (χ1) is 30.9. The van der Waals surface area contributed by atoms with Crippen molar-refractivity contribution in [3.63, 3.8) is 0 Å². The second kappa shape index (κ2) is 19.7. The predicted octanol–water partition coefficient (Wildman–Crippen LogP) is 1.75. The maximum atomic E-state index is 14.0. The zero-order chi connectivity index (χ0) is 46.7. The van der Waals surface area contributed by atoms with Crippen molar-refractivity contribution in [2.24, 2.45) is 30.5 Å². The summed E-state index contributed by atoms with van der Waals surface area (Å²) in [6.07, 6.45) is 7.71. The van der Waals surface area contributed by atoms with Crippen molar-refractivity contribution in [3.05, 3.63) is 64.1 Å². The summed E-state index contributed by atoms with van der Waals surface area (Å²) in [5, 5.41) is 7.86. The van der Waals surface area contributed by atoms with Crippen LogP contribution in [0.1, 0.15) is 101 Å². The van der Waals surface area contributed by atoms with E-state index in [1.54, 1.807) is 40.5 Å². The van der Waals surface area contributed by atoms with Gasteiger partial charge in [0.15, 0.2) is 9.84 Å². The minimum Gasteiger partial charge on any atom is -0.370 e. The van der Waals surface area contributed by atoms with Crippen molar-refractivity contribution in [3.8, 4) is 0 Å². The zero-order valence-electron chi connectivity index (χ0n) is 37.3. The number of nitrogens with one attached hydrogen (secondary N) is 3. The topological polar surface area (TPSA) is 249 Å². The van der Waals surface area contributed by atoms with E-state index in [0.29, 0.717) is 49.2 Å². The fourth-order valence-electron chi connectivity index (χ4n) is 10.1. The van der Waals surface area contributed by atoms with Crippen LogP contribution in [-0.2, 0) is 63.4 Å². The van der Waals surface area contributed by atoms with Crippen LogP contribution >= 0.6 is 0 Å². The molecule has 4 fully saturated rings. The molecule has 65 heavy (non-hydrogen) atoms. The second-order valence-electron chi connectivity index (χ2n) is 18.5. The molecule has 7 rings (SSSR count). The van der Waals surface area contributed by atoms with Crippen LogP contribution in [0.3, 0.4) is 0 Å². The second-order valence-corrected chi connectivity index (χ2v) is 20.5. The lowest BCUT2D eigenvalue weighted by Gasteiger charge is -2.38. The van der Waals surface area contributed by atoms with Crippen LogP contribution in [0.25, 0.3) is 11.0 Å². The molecule has 1 saturated carbocycles. The van der Waals surface area contributed by atoms with Crippen LogP contribution in [0, 0.1) is 17.8 Å². The maximum absolute atomic E-state index is 14.0. The minimum absolute atomic E-state index is 0.0235. The van der Waals surface area contributed by atoms with Gasteiger partial charge >= 0.3 is 5.69 Å². The van der Waals surface area contributed by atoms with Gasteiger partial charge in [-0.3, -0.25) is 48.0 Å². The summed E-state index contributed by atoms with van der Waals surface area (Å²) < 4.78 is 26.7. The number of aryl methyl sites for hydroxylation is 1. The summed E-state index contributed by atoms with van der Waals surface area (Å²) >= 11 is 0. The first kappa shape index (κ1) is 47.1. The third kappa shape index (κ3) is 10.8. The van der Waals surface area contributed by atoms with Gasteiger partial charge in [0.25, 0.3) is 0 Å². The molecule has 3 aromatic rings. The monoisotopic (exact) mass is 916 g/mol. The number of imidazole rings is 1. The molecule has 7 amide bonds. The van der Waals surface area contributed by atoms with Gasteiger partial charge in [0.1, 0.15) is 18.1 Å². The third-order valence-electron chi connectivity index (χ3n) is 13.8. The molecule has 3 aliphatic heterocycles. The van der Waals surface area contributed by atoms with Crippen LogP contribution in [0.15, 0.2) is 52.2 Å². The lowest BCUT2D eigenvalue weighted by atomic mass is 9.78. The molecule has 1 unspecified atom stereocenters. The molecule has 0 radical (unpaired) electrons. The van der Waals surface area contributed by atoms with Crippen molar-refractivity contribution in [1.29, 1.82) is 0 Å². The van der Waals surface area contributed by atoms with Crippen LogP contribution < -0.4 is 27.4 Å². The Morgan fingerprint density at radius 2 is 1.57 bits per heavy atom. The highest BCUT2D eigenvalue weighted by Gasteiger charge is 2.45. The van der Waals surface area contributed by atoms with Crippen LogP contribution in [-0.4, -0.2) is 106 Å². The van der Waals surface area contributed by atoms with Crippen molar-refractivity contribution < 1.29 is 42.0 Å². The summed E-state index contributed by atoms with van der Waals surface area (Å²) in [5.74, 6) is -2.64. The van der Waals surface area contributed by atoms with E-state index in [0.717, 1.165) is 49.4 Å². The maximum Gasteiger partial charge on any atom is 0.329 e. The number of hydrogen-bond acceptors (Lipinski definition) is 10. The molecule has 2 aromatic carbocycles. The van der Waals surface area contributed by atoms with Crippen molar-refractivity contribution in [2.75, 3.05) is 19.3 Å². The Bertz CT molecular complexity index is 2530. The largest absolute Gasteiger partial charge is 0.370 e. The van der Waals surface area contributed by atoms with E-state index in [9.17, 15) is 46.8 Å². The number of amides is 7. The average Bonchev–Trinajstić information content (AvgIpc) is 3.79. The number of imide groups is 1. The van der Waals surface area contributed by atoms with Gasteiger partial charge in [-0.15, -0.1) is 0 Å². The smallest absolute Gasteiger partial charge is 0.329 e. The van der Waals surface area contributed by atoms with Gasteiger partial charge in [-0.05, 0) is 111 Å². The van der Waals surface area contributed by atoms with E-state index >= 15 is 0 Å². The predicted molar refractivity (Wildman–Crippen MR) is 238 cm³/mol. The number of nitrogens with two attached hydrogens (primary N) is 1. The lowest BCUT2D eigenvalue weighted by molar-refractivity contribution is -0.147. The van der Waals surface area contributed by atoms with E-state index in [-0.39, 0.29) is 79.0 Å². The molecule has 5 atom stereocenters. The number of fused-ring (bicyclic) bond motifs is 2. The molecule has 0 bridgehead atoms. The highest BCUT2D eigenvalue weighted by atomic mass is 32.2. The Morgan fingerprint density at radius 3 is 2.25 bits per heavy atom. The summed E-state index contributed by atoms with van der Waals surface area (Å²) in [6.45, 7) is 2.50. The van der Waals surface area contributed by atoms with Gasteiger partial charge in [-0.25, -0.2) is 13.2 Å². The van der Waals surface area contributed by atoms with E-state index < -0.39 is 57.5 Å². The van der Waals surface area contributed by atoms with E-state index in [1.807, 2.05) is 18.2 Å². The fraction of sp³-hybridized carbons (Fsp3) is 0.565. The van der Waals surface area contributed by atoms with Gasteiger partial charge in [0, 0.05) is 58.2 Å². The summed E-state index contributed by atoms with van der Waals surface area (Å²) in [4.78, 5) is 108. The number of aromatic nitrogens is 2. The van der Waals surface area contributed by atoms with Crippen molar-refractivity contribution in [1.82, 2.24) is 34.9 Å². The molecule has 18 nitrogen and oxygen atoms in total. The Hall–Kier alpha value is -5.85. The van der Waals surface area contributed by atoms with Crippen LogP contribution in [0.5, 0.6) is 0 Å². The number of sulfone groups is 1. The number of carbonyl (C=O) groups is 7. The molecular weight excluding hydrogens is 857 g/mol. The fourth-order valence-corrected chi connectivity index (χ4v) is 10.8. The number of carbonyl (C=O) groups excluding carboxylic acids is 7. The molecule has 4 aliphatic rings.